The van der Waals surface area contributed by atoms with Crippen molar-refractivity contribution in [1.82, 2.24) is 14.8 Å². The van der Waals surface area contributed by atoms with E-state index < -0.39 is 0 Å². The van der Waals surface area contributed by atoms with Crippen molar-refractivity contribution in [2.75, 3.05) is 0 Å². The van der Waals surface area contributed by atoms with E-state index in [0.29, 0.717) is 0 Å². The second-order valence-electron chi connectivity index (χ2n) is 4.14. The lowest BCUT2D eigenvalue weighted by Gasteiger charge is -2.04. The number of nitrogens with zero attached hydrogens (tertiary/aromatic N) is 3. The first-order chi connectivity index (χ1) is 8.78. The molecule has 3 nitrogen and oxygen atoms in total. The Kier molecular flexibility index (Phi) is 2.76. The lowest BCUT2D eigenvalue weighted by Crippen LogP contribution is -1.92. The molecule has 0 N–H and O–H groups in total. The van der Waals surface area contributed by atoms with Crippen LogP contribution in [0.5, 0.6) is 0 Å². The molecule has 0 bridgehead atoms. The van der Waals surface area contributed by atoms with E-state index in [2.05, 4.69) is 17.0 Å². The molecule has 4 heteroatoms. The molecule has 0 unspecified atom stereocenters. The van der Waals surface area contributed by atoms with Crippen LogP contribution in [0.3, 0.4) is 0 Å². The Morgan fingerprint density at radius 2 is 2.11 bits per heavy atom. The number of halogens is 1. The standard InChI is InChI=1S/C14H12ClN3/c1-2-18-9-11(7-17-18)14-8-16-6-10-5-12(15)3-4-13(10)14/h3-9H,2H2,1H3. The molecule has 2 aromatic heterocycles. The van der Waals surface area contributed by atoms with Crippen molar-refractivity contribution in [3.8, 4) is 11.1 Å². The van der Waals surface area contributed by atoms with Gasteiger partial charge in [-0.05, 0) is 24.4 Å². The summed E-state index contributed by atoms with van der Waals surface area (Å²) in [5.41, 5.74) is 2.17. The lowest BCUT2D eigenvalue weighted by atomic mass is 10.0. The fourth-order valence-corrected chi connectivity index (χ4v) is 2.23. The van der Waals surface area contributed by atoms with Gasteiger partial charge in [-0.1, -0.05) is 17.7 Å². The van der Waals surface area contributed by atoms with E-state index in [1.54, 1.807) is 0 Å². The Hall–Kier alpha value is -1.87. The van der Waals surface area contributed by atoms with Gasteiger partial charge in [-0.25, -0.2) is 0 Å². The molecule has 0 spiro atoms. The van der Waals surface area contributed by atoms with Gasteiger partial charge in [0.15, 0.2) is 0 Å². The van der Waals surface area contributed by atoms with E-state index in [9.17, 15) is 0 Å². The highest BCUT2D eigenvalue weighted by Crippen LogP contribution is 2.28. The second kappa shape index (κ2) is 4.42. The predicted molar refractivity (Wildman–Crippen MR) is 73.6 cm³/mol. The highest BCUT2D eigenvalue weighted by Gasteiger charge is 2.06. The summed E-state index contributed by atoms with van der Waals surface area (Å²) in [5.74, 6) is 0. The maximum absolute atomic E-state index is 6.00. The third-order valence-electron chi connectivity index (χ3n) is 2.99. The molecule has 1 aromatic carbocycles. The quantitative estimate of drug-likeness (QED) is 0.700. The van der Waals surface area contributed by atoms with Gasteiger partial charge in [-0.15, -0.1) is 0 Å². The summed E-state index contributed by atoms with van der Waals surface area (Å²) in [4.78, 5) is 4.27. The van der Waals surface area contributed by atoms with Crippen LogP contribution in [-0.2, 0) is 6.54 Å². The summed E-state index contributed by atoms with van der Waals surface area (Å²) in [6.07, 6.45) is 7.60. The summed E-state index contributed by atoms with van der Waals surface area (Å²) < 4.78 is 1.91. The monoisotopic (exact) mass is 257 g/mol. The molecule has 0 fully saturated rings. The van der Waals surface area contributed by atoms with Crippen LogP contribution >= 0.6 is 11.6 Å². The van der Waals surface area contributed by atoms with Crippen molar-refractivity contribution < 1.29 is 0 Å². The SMILES string of the molecule is CCn1cc(-c2cncc3cc(Cl)ccc23)cn1. The number of aryl methyl sites for hydroxylation is 1. The summed E-state index contributed by atoms with van der Waals surface area (Å²) >= 11 is 6.00. The van der Waals surface area contributed by atoms with E-state index in [4.69, 9.17) is 11.6 Å². The minimum absolute atomic E-state index is 0.728. The van der Waals surface area contributed by atoms with Gasteiger partial charge < -0.3 is 0 Å². The van der Waals surface area contributed by atoms with E-state index >= 15 is 0 Å². The molecule has 90 valence electrons. The van der Waals surface area contributed by atoms with Crippen LogP contribution in [-0.4, -0.2) is 14.8 Å². The summed E-state index contributed by atoms with van der Waals surface area (Å²) in [7, 11) is 0. The molecule has 3 rings (SSSR count). The number of aromatic nitrogens is 3. The van der Waals surface area contributed by atoms with Gasteiger partial charge in [0, 0.05) is 46.7 Å². The number of hydrogen-bond acceptors (Lipinski definition) is 2. The smallest absolute Gasteiger partial charge is 0.0569 e. The van der Waals surface area contributed by atoms with Crippen molar-refractivity contribution in [3.05, 3.63) is 48.0 Å². The first kappa shape index (κ1) is 11.2. The minimum atomic E-state index is 0.728. The Labute approximate surface area is 110 Å². The molecule has 0 saturated carbocycles. The first-order valence-electron chi connectivity index (χ1n) is 5.84. The summed E-state index contributed by atoms with van der Waals surface area (Å²) in [6, 6.07) is 5.85. The maximum Gasteiger partial charge on any atom is 0.0569 e. The highest BCUT2D eigenvalue weighted by molar-refractivity contribution is 6.31. The molecule has 0 amide bonds. The van der Waals surface area contributed by atoms with Crippen LogP contribution in [0.2, 0.25) is 5.02 Å². The van der Waals surface area contributed by atoms with Crippen LogP contribution in [0.15, 0.2) is 43.0 Å². The van der Waals surface area contributed by atoms with Gasteiger partial charge in [0.05, 0.1) is 6.20 Å². The van der Waals surface area contributed by atoms with Crippen LogP contribution in [0.25, 0.3) is 21.9 Å². The van der Waals surface area contributed by atoms with Crippen molar-refractivity contribution in [1.29, 1.82) is 0 Å². The lowest BCUT2D eigenvalue weighted by molar-refractivity contribution is 0.660. The largest absolute Gasteiger partial charge is 0.272 e. The molecular weight excluding hydrogens is 246 g/mol. The maximum atomic E-state index is 6.00. The third kappa shape index (κ3) is 1.87. The minimum Gasteiger partial charge on any atom is -0.272 e. The molecule has 3 aromatic rings. The molecule has 0 radical (unpaired) electrons. The first-order valence-corrected chi connectivity index (χ1v) is 6.22. The Morgan fingerprint density at radius 1 is 1.22 bits per heavy atom. The zero-order valence-electron chi connectivity index (χ0n) is 9.97. The van der Waals surface area contributed by atoms with E-state index in [1.165, 1.54) is 0 Å². The number of rotatable bonds is 2. The van der Waals surface area contributed by atoms with Crippen molar-refractivity contribution in [3.63, 3.8) is 0 Å². The van der Waals surface area contributed by atoms with Gasteiger partial charge >= 0.3 is 0 Å². The zero-order chi connectivity index (χ0) is 12.5. The number of fused-ring (bicyclic) bond motifs is 1. The summed E-state index contributed by atoms with van der Waals surface area (Å²) in [5, 5.41) is 7.21. The number of benzene rings is 1. The fourth-order valence-electron chi connectivity index (χ4n) is 2.05. The van der Waals surface area contributed by atoms with Crippen LogP contribution in [0.1, 0.15) is 6.92 Å². The fraction of sp³-hybridized carbons (Fsp3) is 0.143. The Morgan fingerprint density at radius 3 is 2.89 bits per heavy atom. The third-order valence-corrected chi connectivity index (χ3v) is 3.22. The average Bonchev–Trinajstić information content (AvgIpc) is 2.86. The topological polar surface area (TPSA) is 30.7 Å². The second-order valence-corrected chi connectivity index (χ2v) is 4.57. The van der Waals surface area contributed by atoms with Gasteiger partial charge in [0.2, 0.25) is 0 Å². The average molecular weight is 258 g/mol. The van der Waals surface area contributed by atoms with Crippen molar-refractivity contribution >= 4 is 22.4 Å². The number of pyridine rings is 1. The summed E-state index contributed by atoms with van der Waals surface area (Å²) in [6.45, 7) is 2.93. The van der Waals surface area contributed by atoms with Gasteiger partial charge in [0.25, 0.3) is 0 Å². The van der Waals surface area contributed by atoms with E-state index in [1.807, 2.05) is 47.7 Å². The predicted octanol–water partition coefficient (Wildman–Crippen LogP) is 3.77. The molecule has 2 heterocycles. The normalized spacial score (nSPS) is 11.0. The zero-order valence-corrected chi connectivity index (χ0v) is 10.7. The van der Waals surface area contributed by atoms with Crippen LogP contribution in [0.4, 0.5) is 0 Å². The van der Waals surface area contributed by atoms with Crippen LogP contribution in [0, 0.1) is 0 Å². The molecule has 0 aliphatic heterocycles. The van der Waals surface area contributed by atoms with Crippen molar-refractivity contribution in [2.45, 2.75) is 13.5 Å². The molecule has 0 atom stereocenters. The highest BCUT2D eigenvalue weighted by atomic mass is 35.5. The van der Waals surface area contributed by atoms with Crippen molar-refractivity contribution in [2.24, 2.45) is 0 Å². The molecule has 0 saturated heterocycles. The van der Waals surface area contributed by atoms with Crippen LogP contribution < -0.4 is 0 Å². The van der Waals surface area contributed by atoms with E-state index in [-0.39, 0.29) is 0 Å². The number of hydrogen-bond donors (Lipinski definition) is 0. The molecule has 0 aliphatic carbocycles. The van der Waals surface area contributed by atoms with Gasteiger partial charge in [-0.3, -0.25) is 9.67 Å². The van der Waals surface area contributed by atoms with Gasteiger partial charge in [-0.2, -0.15) is 5.10 Å². The molecular formula is C14H12ClN3. The molecule has 0 aliphatic rings. The van der Waals surface area contributed by atoms with E-state index in [0.717, 1.165) is 33.5 Å². The Balaban J connectivity index is 2.22. The Bertz CT molecular complexity index is 703. The molecule has 18 heavy (non-hydrogen) atoms. The van der Waals surface area contributed by atoms with Gasteiger partial charge in [0.1, 0.15) is 0 Å².